The number of urea groups is 1. The summed E-state index contributed by atoms with van der Waals surface area (Å²) in [5.74, 6) is 0. The first-order chi connectivity index (χ1) is 6.61. The number of aliphatic hydroxyl groups is 1. The van der Waals surface area contributed by atoms with E-state index in [-0.39, 0.29) is 0 Å². The second kappa shape index (κ2) is 4.62. The van der Waals surface area contributed by atoms with Gasteiger partial charge >= 0.3 is 6.03 Å². The molecule has 0 spiro atoms. The number of aliphatic hydroxyl groups excluding tert-OH is 1. The third kappa shape index (κ3) is 2.74. The van der Waals surface area contributed by atoms with Crippen LogP contribution in [0.5, 0.6) is 0 Å². The van der Waals surface area contributed by atoms with Crippen LogP contribution in [0.1, 0.15) is 18.5 Å². The van der Waals surface area contributed by atoms with E-state index in [2.05, 4.69) is 5.32 Å². The second-order valence-corrected chi connectivity index (χ2v) is 3.14. The number of carbonyl (C=O) groups excluding carboxylic acids is 1. The Morgan fingerprint density at radius 3 is 2.43 bits per heavy atom. The van der Waals surface area contributed by atoms with E-state index in [1.54, 1.807) is 6.92 Å². The average molecular weight is 194 g/mol. The summed E-state index contributed by atoms with van der Waals surface area (Å²) in [5, 5.41) is 11.9. The third-order valence-corrected chi connectivity index (χ3v) is 1.94. The van der Waals surface area contributed by atoms with Crippen LogP contribution in [0, 0.1) is 0 Å². The molecule has 0 aliphatic heterocycles. The summed E-state index contributed by atoms with van der Waals surface area (Å²) in [5.41, 5.74) is 5.84. The van der Waals surface area contributed by atoms with Crippen molar-refractivity contribution >= 4 is 6.03 Å². The monoisotopic (exact) mass is 194 g/mol. The molecule has 76 valence electrons. The molecular weight excluding hydrogens is 180 g/mol. The van der Waals surface area contributed by atoms with E-state index >= 15 is 0 Å². The van der Waals surface area contributed by atoms with Gasteiger partial charge in [-0.15, -0.1) is 0 Å². The van der Waals surface area contributed by atoms with Crippen LogP contribution in [0.25, 0.3) is 0 Å². The van der Waals surface area contributed by atoms with Gasteiger partial charge in [0.15, 0.2) is 0 Å². The number of hydrogen-bond acceptors (Lipinski definition) is 2. The molecule has 0 unspecified atom stereocenters. The maximum absolute atomic E-state index is 10.7. The molecular formula is C10H14N2O2. The van der Waals surface area contributed by atoms with Gasteiger partial charge in [0.1, 0.15) is 0 Å². The fourth-order valence-corrected chi connectivity index (χ4v) is 1.30. The van der Waals surface area contributed by atoms with Gasteiger partial charge in [0.2, 0.25) is 0 Å². The van der Waals surface area contributed by atoms with Gasteiger partial charge in [-0.1, -0.05) is 30.3 Å². The zero-order chi connectivity index (χ0) is 10.6. The molecule has 4 heteroatoms. The summed E-state index contributed by atoms with van der Waals surface area (Å²) in [7, 11) is 0. The summed E-state index contributed by atoms with van der Waals surface area (Å²) < 4.78 is 0. The van der Waals surface area contributed by atoms with Crippen molar-refractivity contribution in [1.29, 1.82) is 0 Å². The number of nitrogens with two attached hydrogens (primary N) is 1. The van der Waals surface area contributed by atoms with E-state index in [0.717, 1.165) is 5.56 Å². The number of nitrogens with one attached hydrogen (secondary N) is 1. The molecule has 2 amide bonds. The van der Waals surface area contributed by atoms with Crippen molar-refractivity contribution in [2.24, 2.45) is 5.73 Å². The average Bonchev–Trinajstić information content (AvgIpc) is 2.15. The van der Waals surface area contributed by atoms with Crippen LogP contribution in [-0.4, -0.2) is 17.2 Å². The molecule has 2 atom stereocenters. The highest BCUT2D eigenvalue weighted by Crippen LogP contribution is 2.15. The van der Waals surface area contributed by atoms with E-state index < -0.39 is 18.2 Å². The molecule has 0 fully saturated rings. The Bertz CT molecular complexity index is 298. The minimum atomic E-state index is -0.676. The quantitative estimate of drug-likeness (QED) is 0.665. The molecule has 1 rings (SSSR count). The molecule has 0 aliphatic rings. The van der Waals surface area contributed by atoms with Crippen LogP contribution < -0.4 is 11.1 Å². The molecule has 0 radical (unpaired) electrons. The van der Waals surface area contributed by atoms with Gasteiger partial charge in [-0.05, 0) is 12.5 Å². The third-order valence-electron chi connectivity index (χ3n) is 1.94. The van der Waals surface area contributed by atoms with Crippen molar-refractivity contribution in [1.82, 2.24) is 5.32 Å². The molecule has 14 heavy (non-hydrogen) atoms. The molecule has 1 aromatic rings. The van der Waals surface area contributed by atoms with Crippen LogP contribution in [0.4, 0.5) is 4.79 Å². The fraction of sp³-hybridized carbons (Fsp3) is 0.300. The van der Waals surface area contributed by atoms with Crippen molar-refractivity contribution in [2.75, 3.05) is 0 Å². The SMILES string of the molecule is C[C@@H](O)[C@@H](NC(N)=O)c1ccccc1. The number of amides is 2. The maximum atomic E-state index is 10.7. The van der Waals surface area contributed by atoms with Crippen LogP contribution in [0.2, 0.25) is 0 Å². The van der Waals surface area contributed by atoms with Gasteiger partial charge in [0.25, 0.3) is 0 Å². The van der Waals surface area contributed by atoms with Crippen molar-refractivity contribution in [3.8, 4) is 0 Å². The van der Waals surface area contributed by atoms with Gasteiger partial charge in [0.05, 0.1) is 12.1 Å². The lowest BCUT2D eigenvalue weighted by Crippen LogP contribution is -2.38. The Morgan fingerprint density at radius 1 is 1.43 bits per heavy atom. The van der Waals surface area contributed by atoms with E-state index in [1.807, 2.05) is 30.3 Å². The normalized spacial score (nSPS) is 14.4. The standard InChI is InChI=1S/C10H14N2O2/c1-7(13)9(12-10(11)14)8-5-3-2-4-6-8/h2-7,9,13H,1H3,(H3,11,12,14)/t7-,9-/m1/s1. The summed E-state index contributed by atoms with van der Waals surface area (Å²) in [6.07, 6.45) is -0.676. The first-order valence-corrected chi connectivity index (χ1v) is 4.40. The minimum absolute atomic E-state index is 0.450. The van der Waals surface area contributed by atoms with E-state index in [1.165, 1.54) is 0 Å². The lowest BCUT2D eigenvalue weighted by atomic mass is 10.0. The van der Waals surface area contributed by atoms with E-state index in [0.29, 0.717) is 0 Å². The van der Waals surface area contributed by atoms with Gasteiger partial charge in [-0.3, -0.25) is 0 Å². The highest BCUT2D eigenvalue weighted by atomic mass is 16.3. The van der Waals surface area contributed by atoms with E-state index in [4.69, 9.17) is 5.73 Å². The summed E-state index contributed by atoms with van der Waals surface area (Å²) >= 11 is 0. The Balaban J connectivity index is 2.83. The van der Waals surface area contributed by atoms with Gasteiger partial charge in [-0.25, -0.2) is 4.79 Å². The van der Waals surface area contributed by atoms with Crippen molar-refractivity contribution in [3.63, 3.8) is 0 Å². The summed E-state index contributed by atoms with van der Waals surface area (Å²) in [6.45, 7) is 1.60. The maximum Gasteiger partial charge on any atom is 0.312 e. The van der Waals surface area contributed by atoms with Crippen molar-refractivity contribution < 1.29 is 9.90 Å². The molecule has 0 aliphatic carbocycles. The highest BCUT2D eigenvalue weighted by Gasteiger charge is 2.17. The first kappa shape index (κ1) is 10.5. The van der Waals surface area contributed by atoms with Crippen LogP contribution in [0.15, 0.2) is 30.3 Å². The molecule has 0 saturated heterocycles. The molecule has 4 N–H and O–H groups in total. The zero-order valence-electron chi connectivity index (χ0n) is 7.97. The Morgan fingerprint density at radius 2 is 2.00 bits per heavy atom. The molecule has 0 aromatic heterocycles. The van der Waals surface area contributed by atoms with Crippen molar-refractivity contribution in [2.45, 2.75) is 19.1 Å². The predicted octanol–water partition coefficient (Wildman–Crippen LogP) is 0.777. The second-order valence-electron chi connectivity index (χ2n) is 3.14. The van der Waals surface area contributed by atoms with Crippen molar-refractivity contribution in [3.05, 3.63) is 35.9 Å². The number of rotatable bonds is 3. The fourth-order valence-electron chi connectivity index (χ4n) is 1.30. The minimum Gasteiger partial charge on any atom is -0.391 e. The number of carbonyl (C=O) groups is 1. The zero-order valence-corrected chi connectivity index (χ0v) is 7.97. The largest absolute Gasteiger partial charge is 0.391 e. The molecule has 0 bridgehead atoms. The smallest absolute Gasteiger partial charge is 0.312 e. The summed E-state index contributed by atoms with van der Waals surface area (Å²) in [4.78, 5) is 10.7. The molecule has 0 saturated carbocycles. The lowest BCUT2D eigenvalue weighted by molar-refractivity contribution is 0.147. The summed E-state index contributed by atoms with van der Waals surface area (Å²) in [6, 6.07) is 8.11. The molecule has 4 nitrogen and oxygen atoms in total. The number of hydrogen-bond donors (Lipinski definition) is 3. The Kier molecular flexibility index (Phi) is 3.48. The van der Waals surface area contributed by atoms with Crippen LogP contribution >= 0.6 is 0 Å². The number of primary amides is 1. The Labute approximate surface area is 82.7 Å². The molecule has 1 aromatic carbocycles. The van der Waals surface area contributed by atoms with Gasteiger partial charge in [-0.2, -0.15) is 0 Å². The molecule has 0 heterocycles. The lowest BCUT2D eigenvalue weighted by Gasteiger charge is -2.20. The topological polar surface area (TPSA) is 75.3 Å². The van der Waals surface area contributed by atoms with Gasteiger partial charge in [0, 0.05) is 0 Å². The highest BCUT2D eigenvalue weighted by molar-refractivity contribution is 5.72. The first-order valence-electron chi connectivity index (χ1n) is 4.40. The predicted molar refractivity (Wildman–Crippen MR) is 53.6 cm³/mol. The van der Waals surface area contributed by atoms with Crippen LogP contribution in [-0.2, 0) is 0 Å². The van der Waals surface area contributed by atoms with E-state index in [9.17, 15) is 9.90 Å². The number of benzene rings is 1. The van der Waals surface area contributed by atoms with Gasteiger partial charge < -0.3 is 16.2 Å². The van der Waals surface area contributed by atoms with Crippen LogP contribution in [0.3, 0.4) is 0 Å². The Hall–Kier alpha value is -1.55.